The molecule has 1 unspecified atom stereocenters. The van der Waals surface area contributed by atoms with Gasteiger partial charge in [-0.05, 0) is 49.4 Å². The van der Waals surface area contributed by atoms with Gasteiger partial charge in [0.2, 0.25) is 5.91 Å². The van der Waals surface area contributed by atoms with E-state index in [1.165, 1.54) is 12.0 Å². The van der Waals surface area contributed by atoms with E-state index in [0.717, 1.165) is 25.2 Å². The van der Waals surface area contributed by atoms with Crippen molar-refractivity contribution < 1.29 is 4.79 Å². The van der Waals surface area contributed by atoms with E-state index in [-0.39, 0.29) is 18.3 Å². The third-order valence-electron chi connectivity index (χ3n) is 4.16. The number of nitrogens with two attached hydrogens (primary N) is 1. The summed E-state index contributed by atoms with van der Waals surface area (Å²) in [7, 11) is 0. The molecule has 1 aliphatic rings. The number of nitrogens with one attached hydrogen (secondary N) is 1. The van der Waals surface area contributed by atoms with Gasteiger partial charge in [-0.1, -0.05) is 32.0 Å². The molecule has 0 bridgehead atoms. The van der Waals surface area contributed by atoms with Crippen LogP contribution in [0.15, 0.2) is 24.3 Å². The quantitative estimate of drug-likeness (QED) is 0.875. The van der Waals surface area contributed by atoms with Gasteiger partial charge in [0.1, 0.15) is 0 Å². The second-order valence-corrected chi connectivity index (χ2v) is 6.27. The Hall–Kier alpha value is -1.10. The van der Waals surface area contributed by atoms with Gasteiger partial charge >= 0.3 is 0 Å². The molecular weight excluding hydrogens is 298 g/mol. The number of hydrogen-bond acceptors (Lipinski definition) is 3. The number of para-hydroxylation sites is 1. The lowest BCUT2D eigenvalue weighted by Gasteiger charge is -2.31. The smallest absolute Gasteiger partial charge is 0.238 e. The van der Waals surface area contributed by atoms with E-state index in [2.05, 4.69) is 30.1 Å². The normalized spacial score (nSPS) is 18.8. The molecule has 5 heteroatoms. The summed E-state index contributed by atoms with van der Waals surface area (Å²) in [6, 6.07) is 8.03. The van der Waals surface area contributed by atoms with Gasteiger partial charge < -0.3 is 11.1 Å². The van der Waals surface area contributed by atoms with Crippen LogP contribution in [0.5, 0.6) is 0 Å². The van der Waals surface area contributed by atoms with Crippen molar-refractivity contribution in [3.8, 4) is 0 Å². The molecule has 124 valence electrons. The predicted octanol–water partition coefficient (Wildman–Crippen LogP) is 2.84. The highest BCUT2D eigenvalue weighted by atomic mass is 35.5. The number of amides is 1. The van der Waals surface area contributed by atoms with E-state index in [9.17, 15) is 4.79 Å². The third kappa shape index (κ3) is 5.27. The number of hydrogen-bond donors (Lipinski definition) is 2. The average molecular weight is 326 g/mol. The Labute approximate surface area is 139 Å². The molecule has 0 aliphatic carbocycles. The maximum atomic E-state index is 12.3. The van der Waals surface area contributed by atoms with Gasteiger partial charge in [0.25, 0.3) is 0 Å². The summed E-state index contributed by atoms with van der Waals surface area (Å²) in [5.41, 5.74) is 7.87. The van der Waals surface area contributed by atoms with Gasteiger partial charge in [-0.15, -0.1) is 12.4 Å². The highest BCUT2D eigenvalue weighted by Crippen LogP contribution is 2.23. The van der Waals surface area contributed by atoms with Crippen LogP contribution in [0.3, 0.4) is 0 Å². The van der Waals surface area contributed by atoms with Crippen molar-refractivity contribution >= 4 is 24.0 Å². The Kier molecular flexibility index (Phi) is 7.87. The van der Waals surface area contributed by atoms with Crippen LogP contribution >= 0.6 is 12.4 Å². The van der Waals surface area contributed by atoms with E-state index in [1.54, 1.807) is 0 Å². The minimum Gasteiger partial charge on any atom is -0.330 e. The van der Waals surface area contributed by atoms with E-state index in [1.807, 2.05) is 18.2 Å². The summed E-state index contributed by atoms with van der Waals surface area (Å²) in [6.07, 6.45) is 2.32. The SMILES string of the molecule is CC(C)c1ccccc1NC(=O)CN1CCCC(CN)C1.Cl. The zero-order valence-corrected chi connectivity index (χ0v) is 14.4. The minimum absolute atomic E-state index is 0. The van der Waals surface area contributed by atoms with Crippen molar-refractivity contribution in [2.45, 2.75) is 32.6 Å². The van der Waals surface area contributed by atoms with Gasteiger partial charge in [0, 0.05) is 12.2 Å². The molecular formula is C17H28ClN3O. The van der Waals surface area contributed by atoms with Crippen LogP contribution < -0.4 is 11.1 Å². The van der Waals surface area contributed by atoms with Crippen LogP contribution in [0.4, 0.5) is 5.69 Å². The topological polar surface area (TPSA) is 58.4 Å². The number of likely N-dealkylation sites (tertiary alicyclic amines) is 1. The number of anilines is 1. The summed E-state index contributed by atoms with van der Waals surface area (Å²) in [4.78, 5) is 14.5. The zero-order valence-electron chi connectivity index (χ0n) is 13.5. The molecule has 1 heterocycles. The minimum atomic E-state index is 0. The summed E-state index contributed by atoms with van der Waals surface area (Å²) < 4.78 is 0. The first kappa shape index (κ1) is 18.9. The summed E-state index contributed by atoms with van der Waals surface area (Å²) in [5.74, 6) is 1.01. The van der Waals surface area contributed by atoms with Crippen molar-refractivity contribution in [1.82, 2.24) is 4.90 Å². The highest BCUT2D eigenvalue weighted by molar-refractivity contribution is 5.93. The molecule has 1 amide bonds. The largest absolute Gasteiger partial charge is 0.330 e. The molecule has 4 nitrogen and oxygen atoms in total. The molecule has 1 fully saturated rings. The predicted molar refractivity (Wildman–Crippen MR) is 94.6 cm³/mol. The van der Waals surface area contributed by atoms with E-state index in [4.69, 9.17) is 5.73 Å². The molecule has 1 aliphatic heterocycles. The van der Waals surface area contributed by atoms with Crippen LogP contribution in [-0.2, 0) is 4.79 Å². The summed E-state index contributed by atoms with van der Waals surface area (Å²) in [6.45, 7) is 7.39. The number of piperidine rings is 1. The fraction of sp³-hybridized carbons (Fsp3) is 0.588. The van der Waals surface area contributed by atoms with Crippen molar-refractivity contribution in [3.05, 3.63) is 29.8 Å². The maximum absolute atomic E-state index is 12.3. The Bertz CT molecular complexity index is 479. The lowest BCUT2D eigenvalue weighted by Crippen LogP contribution is -2.42. The molecule has 1 aromatic carbocycles. The second-order valence-electron chi connectivity index (χ2n) is 6.27. The van der Waals surface area contributed by atoms with Crippen molar-refractivity contribution in [2.24, 2.45) is 11.7 Å². The molecule has 0 saturated carbocycles. The first-order chi connectivity index (χ1) is 10.1. The lowest BCUT2D eigenvalue weighted by atomic mass is 9.98. The number of halogens is 1. The van der Waals surface area contributed by atoms with E-state index < -0.39 is 0 Å². The second kappa shape index (κ2) is 9.13. The van der Waals surface area contributed by atoms with Crippen molar-refractivity contribution in [2.75, 3.05) is 31.5 Å². The van der Waals surface area contributed by atoms with Gasteiger partial charge in [-0.3, -0.25) is 9.69 Å². The monoisotopic (exact) mass is 325 g/mol. The Morgan fingerprint density at radius 2 is 2.14 bits per heavy atom. The molecule has 22 heavy (non-hydrogen) atoms. The summed E-state index contributed by atoms with van der Waals surface area (Å²) in [5, 5.41) is 3.06. The molecule has 0 spiro atoms. The highest BCUT2D eigenvalue weighted by Gasteiger charge is 2.20. The Morgan fingerprint density at radius 3 is 2.82 bits per heavy atom. The third-order valence-corrected chi connectivity index (χ3v) is 4.16. The number of carbonyl (C=O) groups excluding carboxylic acids is 1. The number of benzene rings is 1. The standard InChI is InChI=1S/C17H27N3O.ClH/c1-13(2)15-7-3-4-8-16(15)19-17(21)12-20-9-5-6-14(10-18)11-20;/h3-4,7-8,13-14H,5-6,9-12,18H2,1-2H3,(H,19,21);1H. The Morgan fingerprint density at radius 1 is 1.41 bits per heavy atom. The van der Waals surface area contributed by atoms with Gasteiger partial charge in [0.05, 0.1) is 6.54 Å². The molecule has 3 N–H and O–H groups in total. The van der Waals surface area contributed by atoms with Gasteiger partial charge in [0.15, 0.2) is 0 Å². The molecule has 1 atom stereocenters. The number of nitrogens with zero attached hydrogens (tertiary/aromatic N) is 1. The first-order valence-corrected chi connectivity index (χ1v) is 7.91. The zero-order chi connectivity index (χ0) is 15.2. The average Bonchev–Trinajstić information content (AvgIpc) is 2.47. The van der Waals surface area contributed by atoms with E-state index in [0.29, 0.717) is 24.9 Å². The van der Waals surface area contributed by atoms with Crippen LogP contribution in [0, 0.1) is 5.92 Å². The van der Waals surface area contributed by atoms with Crippen LogP contribution in [-0.4, -0.2) is 37.0 Å². The molecule has 2 rings (SSSR count). The van der Waals surface area contributed by atoms with Gasteiger partial charge in [-0.2, -0.15) is 0 Å². The van der Waals surface area contributed by atoms with E-state index >= 15 is 0 Å². The van der Waals surface area contributed by atoms with Crippen LogP contribution in [0.25, 0.3) is 0 Å². The lowest BCUT2D eigenvalue weighted by molar-refractivity contribution is -0.117. The van der Waals surface area contributed by atoms with Crippen LogP contribution in [0.2, 0.25) is 0 Å². The fourth-order valence-corrected chi connectivity index (χ4v) is 2.99. The van der Waals surface area contributed by atoms with Crippen molar-refractivity contribution in [3.63, 3.8) is 0 Å². The number of rotatable bonds is 5. The molecule has 1 aromatic rings. The summed E-state index contributed by atoms with van der Waals surface area (Å²) >= 11 is 0. The maximum Gasteiger partial charge on any atom is 0.238 e. The van der Waals surface area contributed by atoms with Crippen molar-refractivity contribution in [1.29, 1.82) is 0 Å². The Balaban J connectivity index is 0.00000242. The fourth-order valence-electron chi connectivity index (χ4n) is 2.99. The molecule has 0 aromatic heterocycles. The van der Waals surface area contributed by atoms with Gasteiger partial charge in [-0.25, -0.2) is 0 Å². The molecule has 0 radical (unpaired) electrons. The van der Waals surface area contributed by atoms with Crippen LogP contribution in [0.1, 0.15) is 38.2 Å². The number of carbonyl (C=O) groups is 1. The first-order valence-electron chi connectivity index (χ1n) is 7.91. The molecule has 1 saturated heterocycles.